The molecule has 1 unspecified atom stereocenters. The Morgan fingerprint density at radius 3 is 2.29 bits per heavy atom. The molecule has 2 aliphatic heterocycles. The van der Waals surface area contributed by atoms with Gasteiger partial charge in [-0.25, -0.2) is 0 Å². The highest BCUT2D eigenvalue weighted by atomic mass is 16.1. The summed E-state index contributed by atoms with van der Waals surface area (Å²) in [5, 5.41) is 0. The average molecular weight is 229 g/mol. The van der Waals surface area contributed by atoms with Crippen molar-refractivity contribution in [2.75, 3.05) is 7.05 Å². The zero-order valence-corrected chi connectivity index (χ0v) is 10.3. The van der Waals surface area contributed by atoms with Crippen LogP contribution in [0, 0.1) is 5.92 Å². The minimum absolute atomic E-state index is 0.256. The van der Waals surface area contributed by atoms with Gasteiger partial charge in [0, 0.05) is 23.6 Å². The number of carbonyl (C=O) groups is 1. The van der Waals surface area contributed by atoms with E-state index in [9.17, 15) is 4.79 Å². The standard InChI is InChI=1S/C15H19NO/c1-16-13-7-8-14(16)10-12(9-13)15(17)11-5-3-2-4-6-11/h2-6,12-14H,7-10H2,1H3/t12?,13-,14+. The highest BCUT2D eigenvalue weighted by Crippen LogP contribution is 2.38. The summed E-state index contributed by atoms with van der Waals surface area (Å²) in [6, 6.07) is 11.1. The summed E-state index contributed by atoms with van der Waals surface area (Å²) in [5.41, 5.74) is 0.890. The molecule has 2 nitrogen and oxygen atoms in total. The van der Waals surface area contributed by atoms with E-state index in [1.54, 1.807) is 0 Å². The van der Waals surface area contributed by atoms with E-state index in [-0.39, 0.29) is 5.92 Å². The Labute approximate surface area is 103 Å². The summed E-state index contributed by atoms with van der Waals surface area (Å²) in [6.45, 7) is 0. The van der Waals surface area contributed by atoms with E-state index in [1.165, 1.54) is 12.8 Å². The van der Waals surface area contributed by atoms with Crippen LogP contribution in [-0.4, -0.2) is 29.8 Å². The van der Waals surface area contributed by atoms with Gasteiger partial charge in [0.2, 0.25) is 0 Å². The van der Waals surface area contributed by atoms with E-state index in [2.05, 4.69) is 11.9 Å². The average Bonchev–Trinajstić information content (AvgIpc) is 2.61. The van der Waals surface area contributed by atoms with Gasteiger partial charge in [-0.3, -0.25) is 4.79 Å². The third-order valence-electron chi connectivity index (χ3n) is 4.53. The minimum atomic E-state index is 0.256. The molecule has 90 valence electrons. The van der Waals surface area contributed by atoms with E-state index in [0.29, 0.717) is 17.9 Å². The number of nitrogens with zero attached hydrogens (tertiary/aromatic N) is 1. The van der Waals surface area contributed by atoms with Crippen molar-refractivity contribution in [2.45, 2.75) is 37.8 Å². The maximum Gasteiger partial charge on any atom is 0.166 e. The number of hydrogen-bond donors (Lipinski definition) is 0. The Morgan fingerprint density at radius 2 is 1.71 bits per heavy atom. The first kappa shape index (κ1) is 11.0. The van der Waals surface area contributed by atoms with Crippen molar-refractivity contribution < 1.29 is 4.79 Å². The minimum Gasteiger partial charge on any atom is -0.300 e. The highest BCUT2D eigenvalue weighted by molar-refractivity contribution is 5.97. The summed E-state index contributed by atoms with van der Waals surface area (Å²) >= 11 is 0. The van der Waals surface area contributed by atoms with Gasteiger partial charge in [0.15, 0.2) is 5.78 Å². The van der Waals surface area contributed by atoms with Crippen molar-refractivity contribution >= 4 is 5.78 Å². The fraction of sp³-hybridized carbons (Fsp3) is 0.533. The molecule has 3 atom stereocenters. The number of rotatable bonds is 2. The van der Waals surface area contributed by atoms with Crippen LogP contribution in [0.3, 0.4) is 0 Å². The van der Waals surface area contributed by atoms with Crippen molar-refractivity contribution in [3.8, 4) is 0 Å². The summed E-state index contributed by atoms with van der Waals surface area (Å²) in [6.07, 6.45) is 4.67. The number of fused-ring (bicyclic) bond motifs is 2. The molecule has 0 spiro atoms. The SMILES string of the molecule is CN1[C@@H]2CC[C@H]1CC(C(=O)c1ccccc1)C2. The Balaban J connectivity index is 1.77. The zero-order valence-electron chi connectivity index (χ0n) is 10.3. The van der Waals surface area contributed by atoms with E-state index in [0.717, 1.165) is 18.4 Å². The van der Waals surface area contributed by atoms with Gasteiger partial charge in [-0.15, -0.1) is 0 Å². The molecule has 17 heavy (non-hydrogen) atoms. The van der Waals surface area contributed by atoms with Crippen LogP contribution in [0.1, 0.15) is 36.0 Å². The van der Waals surface area contributed by atoms with Crippen molar-refractivity contribution in [1.82, 2.24) is 4.90 Å². The van der Waals surface area contributed by atoms with Crippen LogP contribution in [0.4, 0.5) is 0 Å². The monoisotopic (exact) mass is 229 g/mol. The fourth-order valence-electron chi connectivity index (χ4n) is 3.46. The number of Topliss-reactive ketones (excluding diaryl/α,β-unsaturated/α-hetero) is 1. The molecule has 2 bridgehead atoms. The topological polar surface area (TPSA) is 20.3 Å². The summed E-state index contributed by atoms with van der Waals surface area (Å²) in [7, 11) is 2.21. The molecule has 3 rings (SSSR count). The highest BCUT2D eigenvalue weighted by Gasteiger charge is 2.40. The predicted octanol–water partition coefficient (Wildman–Crippen LogP) is 2.74. The molecule has 2 heteroatoms. The number of carbonyl (C=O) groups excluding carboxylic acids is 1. The molecule has 2 saturated heterocycles. The second kappa shape index (κ2) is 4.26. The largest absolute Gasteiger partial charge is 0.300 e. The maximum atomic E-state index is 12.4. The molecule has 0 radical (unpaired) electrons. The van der Waals surface area contributed by atoms with Crippen LogP contribution >= 0.6 is 0 Å². The molecule has 2 aliphatic rings. The third kappa shape index (κ3) is 1.91. The summed E-state index contributed by atoms with van der Waals surface area (Å²) < 4.78 is 0. The first-order chi connectivity index (χ1) is 8.25. The lowest BCUT2D eigenvalue weighted by molar-refractivity contribution is 0.0767. The van der Waals surface area contributed by atoms with Gasteiger partial charge in [-0.05, 0) is 32.7 Å². The molecule has 0 aliphatic carbocycles. The first-order valence-corrected chi connectivity index (χ1v) is 6.57. The quantitative estimate of drug-likeness (QED) is 0.727. The predicted molar refractivity (Wildman–Crippen MR) is 68.1 cm³/mol. The molecule has 0 amide bonds. The molecule has 1 aromatic rings. The molecular weight excluding hydrogens is 210 g/mol. The Bertz CT molecular complexity index is 400. The van der Waals surface area contributed by atoms with Crippen LogP contribution < -0.4 is 0 Å². The lowest BCUT2D eigenvalue weighted by Crippen LogP contribution is -2.42. The van der Waals surface area contributed by atoms with Gasteiger partial charge >= 0.3 is 0 Å². The first-order valence-electron chi connectivity index (χ1n) is 6.57. The second-order valence-electron chi connectivity index (χ2n) is 5.45. The number of benzene rings is 1. The lowest BCUT2D eigenvalue weighted by Gasteiger charge is -2.35. The van der Waals surface area contributed by atoms with Gasteiger partial charge in [0.1, 0.15) is 0 Å². The van der Waals surface area contributed by atoms with E-state index < -0.39 is 0 Å². The van der Waals surface area contributed by atoms with Crippen molar-refractivity contribution in [2.24, 2.45) is 5.92 Å². The van der Waals surface area contributed by atoms with Crippen LogP contribution in [-0.2, 0) is 0 Å². The second-order valence-corrected chi connectivity index (χ2v) is 5.45. The maximum absolute atomic E-state index is 12.4. The van der Waals surface area contributed by atoms with Crippen molar-refractivity contribution in [1.29, 1.82) is 0 Å². The van der Waals surface area contributed by atoms with Gasteiger partial charge in [-0.1, -0.05) is 30.3 Å². The Hall–Kier alpha value is -1.15. The van der Waals surface area contributed by atoms with Gasteiger partial charge < -0.3 is 4.90 Å². The molecular formula is C15H19NO. The zero-order chi connectivity index (χ0) is 11.8. The molecule has 2 fully saturated rings. The van der Waals surface area contributed by atoms with E-state index in [4.69, 9.17) is 0 Å². The van der Waals surface area contributed by atoms with Crippen molar-refractivity contribution in [3.63, 3.8) is 0 Å². The van der Waals surface area contributed by atoms with E-state index >= 15 is 0 Å². The van der Waals surface area contributed by atoms with Crippen LogP contribution in [0.5, 0.6) is 0 Å². The third-order valence-corrected chi connectivity index (χ3v) is 4.53. The smallest absolute Gasteiger partial charge is 0.166 e. The molecule has 0 N–H and O–H groups in total. The summed E-state index contributed by atoms with van der Waals surface area (Å²) in [4.78, 5) is 14.9. The van der Waals surface area contributed by atoms with Crippen LogP contribution in [0.15, 0.2) is 30.3 Å². The van der Waals surface area contributed by atoms with Crippen molar-refractivity contribution in [3.05, 3.63) is 35.9 Å². The number of ketones is 1. The number of piperidine rings is 1. The molecule has 0 aromatic heterocycles. The normalized spacial score (nSPS) is 32.6. The Kier molecular flexibility index (Phi) is 2.75. The molecule has 1 aromatic carbocycles. The molecule has 2 heterocycles. The number of hydrogen-bond acceptors (Lipinski definition) is 2. The van der Waals surface area contributed by atoms with Gasteiger partial charge in [0.25, 0.3) is 0 Å². The van der Waals surface area contributed by atoms with Crippen LogP contribution in [0.2, 0.25) is 0 Å². The summed E-state index contributed by atoms with van der Waals surface area (Å²) in [5.74, 6) is 0.613. The fourth-order valence-corrected chi connectivity index (χ4v) is 3.46. The lowest BCUT2D eigenvalue weighted by atomic mass is 9.85. The van der Waals surface area contributed by atoms with Gasteiger partial charge in [0.05, 0.1) is 0 Å². The van der Waals surface area contributed by atoms with Gasteiger partial charge in [-0.2, -0.15) is 0 Å². The van der Waals surface area contributed by atoms with Crippen LogP contribution in [0.25, 0.3) is 0 Å². The Morgan fingerprint density at radius 1 is 1.12 bits per heavy atom. The van der Waals surface area contributed by atoms with E-state index in [1.807, 2.05) is 30.3 Å². The molecule has 0 saturated carbocycles.